The molecule has 0 radical (unpaired) electrons. The fourth-order valence-electron chi connectivity index (χ4n) is 2.40. The molecule has 0 aromatic heterocycles. The van der Waals surface area contributed by atoms with Crippen molar-refractivity contribution in [1.82, 2.24) is 10.6 Å². The SMILES string of the molecule is CC(C)NCCCCCNC(=O)C1(C(C)C)CC1. The molecule has 1 saturated carbocycles. The summed E-state index contributed by atoms with van der Waals surface area (Å²) in [5.41, 5.74) is -0.0147. The van der Waals surface area contributed by atoms with Crippen LogP contribution in [0.3, 0.4) is 0 Å². The summed E-state index contributed by atoms with van der Waals surface area (Å²) >= 11 is 0. The molecular weight excluding hydrogens is 224 g/mol. The smallest absolute Gasteiger partial charge is 0.226 e. The van der Waals surface area contributed by atoms with Crippen molar-refractivity contribution in [3.05, 3.63) is 0 Å². The van der Waals surface area contributed by atoms with Gasteiger partial charge in [-0.05, 0) is 38.1 Å². The van der Waals surface area contributed by atoms with Crippen LogP contribution in [0.4, 0.5) is 0 Å². The van der Waals surface area contributed by atoms with Gasteiger partial charge >= 0.3 is 0 Å². The maximum absolute atomic E-state index is 12.0. The van der Waals surface area contributed by atoms with E-state index in [0.29, 0.717) is 12.0 Å². The van der Waals surface area contributed by atoms with E-state index in [-0.39, 0.29) is 11.3 Å². The van der Waals surface area contributed by atoms with E-state index in [9.17, 15) is 4.79 Å². The first-order chi connectivity index (χ1) is 8.49. The standard InChI is InChI=1S/C15H30N2O/c1-12(2)15(8-9-15)14(18)17-11-7-5-6-10-16-13(3)4/h12-13,16H,5-11H2,1-4H3,(H,17,18). The molecule has 106 valence electrons. The number of hydrogen-bond donors (Lipinski definition) is 2. The number of unbranched alkanes of at least 4 members (excludes halogenated alkanes) is 2. The zero-order valence-electron chi connectivity index (χ0n) is 12.5. The van der Waals surface area contributed by atoms with Crippen molar-refractivity contribution in [3.8, 4) is 0 Å². The van der Waals surface area contributed by atoms with Gasteiger partial charge < -0.3 is 10.6 Å². The monoisotopic (exact) mass is 254 g/mol. The summed E-state index contributed by atoms with van der Waals surface area (Å²) in [6.45, 7) is 10.6. The van der Waals surface area contributed by atoms with Crippen LogP contribution >= 0.6 is 0 Å². The van der Waals surface area contributed by atoms with Crippen LogP contribution < -0.4 is 10.6 Å². The van der Waals surface area contributed by atoms with E-state index in [2.05, 4.69) is 38.3 Å². The molecule has 3 nitrogen and oxygen atoms in total. The first-order valence-electron chi connectivity index (χ1n) is 7.51. The number of amides is 1. The van der Waals surface area contributed by atoms with Crippen molar-refractivity contribution in [1.29, 1.82) is 0 Å². The molecule has 1 amide bonds. The Morgan fingerprint density at radius 1 is 1.06 bits per heavy atom. The summed E-state index contributed by atoms with van der Waals surface area (Å²) < 4.78 is 0. The predicted molar refractivity (Wildman–Crippen MR) is 76.5 cm³/mol. The molecule has 1 rings (SSSR count). The Hall–Kier alpha value is -0.570. The van der Waals surface area contributed by atoms with E-state index in [1.54, 1.807) is 0 Å². The minimum Gasteiger partial charge on any atom is -0.356 e. The lowest BCUT2D eigenvalue weighted by atomic mass is 9.91. The molecule has 0 saturated heterocycles. The van der Waals surface area contributed by atoms with Crippen LogP contribution in [-0.2, 0) is 4.79 Å². The van der Waals surface area contributed by atoms with Crippen molar-refractivity contribution in [2.75, 3.05) is 13.1 Å². The molecule has 0 aromatic carbocycles. The van der Waals surface area contributed by atoms with Gasteiger partial charge in [-0.15, -0.1) is 0 Å². The highest BCUT2D eigenvalue weighted by Gasteiger charge is 2.51. The van der Waals surface area contributed by atoms with Crippen molar-refractivity contribution in [2.24, 2.45) is 11.3 Å². The van der Waals surface area contributed by atoms with Gasteiger partial charge in [-0.3, -0.25) is 4.79 Å². The molecule has 2 N–H and O–H groups in total. The Morgan fingerprint density at radius 2 is 1.67 bits per heavy atom. The Kier molecular flexibility index (Phi) is 6.13. The fourth-order valence-corrected chi connectivity index (χ4v) is 2.40. The van der Waals surface area contributed by atoms with E-state index in [0.717, 1.165) is 32.4 Å². The van der Waals surface area contributed by atoms with E-state index < -0.39 is 0 Å². The van der Waals surface area contributed by atoms with Gasteiger partial charge in [0.05, 0.1) is 5.41 Å². The maximum Gasteiger partial charge on any atom is 0.226 e. The third-order valence-corrected chi connectivity index (χ3v) is 4.04. The number of hydrogen-bond acceptors (Lipinski definition) is 2. The average Bonchev–Trinajstić information content (AvgIpc) is 3.08. The second kappa shape index (κ2) is 7.13. The lowest BCUT2D eigenvalue weighted by molar-refractivity contribution is -0.127. The van der Waals surface area contributed by atoms with Crippen LogP contribution in [0.25, 0.3) is 0 Å². The summed E-state index contributed by atoms with van der Waals surface area (Å²) in [5, 5.41) is 6.51. The van der Waals surface area contributed by atoms with Gasteiger partial charge in [0.1, 0.15) is 0 Å². The first kappa shape index (κ1) is 15.5. The van der Waals surface area contributed by atoms with E-state index in [1.165, 1.54) is 12.8 Å². The van der Waals surface area contributed by atoms with Crippen molar-refractivity contribution < 1.29 is 4.79 Å². The van der Waals surface area contributed by atoms with Crippen LogP contribution in [0, 0.1) is 11.3 Å². The van der Waals surface area contributed by atoms with E-state index in [4.69, 9.17) is 0 Å². The largest absolute Gasteiger partial charge is 0.356 e. The van der Waals surface area contributed by atoms with Crippen LogP contribution in [-0.4, -0.2) is 25.0 Å². The number of nitrogens with one attached hydrogen (secondary N) is 2. The Morgan fingerprint density at radius 3 is 2.17 bits per heavy atom. The summed E-state index contributed by atoms with van der Waals surface area (Å²) in [7, 11) is 0. The topological polar surface area (TPSA) is 41.1 Å². The fraction of sp³-hybridized carbons (Fsp3) is 0.933. The van der Waals surface area contributed by atoms with E-state index in [1.807, 2.05) is 0 Å². The highest BCUT2D eigenvalue weighted by atomic mass is 16.2. The lowest BCUT2D eigenvalue weighted by Crippen LogP contribution is -2.35. The van der Waals surface area contributed by atoms with Gasteiger partial charge in [-0.25, -0.2) is 0 Å². The lowest BCUT2D eigenvalue weighted by Gasteiger charge is -2.18. The molecule has 18 heavy (non-hydrogen) atoms. The molecule has 0 atom stereocenters. The van der Waals surface area contributed by atoms with Gasteiger partial charge in [0.2, 0.25) is 5.91 Å². The van der Waals surface area contributed by atoms with Crippen LogP contribution in [0.15, 0.2) is 0 Å². The van der Waals surface area contributed by atoms with Crippen LogP contribution in [0.1, 0.15) is 59.8 Å². The van der Waals surface area contributed by atoms with Gasteiger partial charge in [0.15, 0.2) is 0 Å². The summed E-state index contributed by atoms with van der Waals surface area (Å²) in [5.74, 6) is 0.769. The summed E-state index contributed by atoms with van der Waals surface area (Å²) in [6.07, 6.45) is 5.64. The molecule has 0 aromatic rings. The average molecular weight is 254 g/mol. The normalized spacial score (nSPS) is 17.2. The van der Waals surface area contributed by atoms with E-state index >= 15 is 0 Å². The van der Waals surface area contributed by atoms with Gasteiger partial charge in [0, 0.05) is 12.6 Å². The minimum absolute atomic E-state index is 0.0147. The third-order valence-electron chi connectivity index (χ3n) is 4.04. The summed E-state index contributed by atoms with van der Waals surface area (Å²) in [6, 6.07) is 0.575. The van der Waals surface area contributed by atoms with Gasteiger partial charge in [0.25, 0.3) is 0 Å². The zero-order chi connectivity index (χ0) is 13.6. The van der Waals surface area contributed by atoms with Crippen LogP contribution in [0.2, 0.25) is 0 Å². The second-order valence-corrected chi connectivity index (χ2v) is 6.24. The number of rotatable bonds is 9. The van der Waals surface area contributed by atoms with Gasteiger partial charge in [-0.1, -0.05) is 34.1 Å². The maximum atomic E-state index is 12.0. The number of carbonyl (C=O) groups excluding carboxylic acids is 1. The Labute approximate surface area is 112 Å². The number of carbonyl (C=O) groups is 1. The highest BCUT2D eigenvalue weighted by molar-refractivity contribution is 5.85. The molecule has 0 aliphatic heterocycles. The zero-order valence-corrected chi connectivity index (χ0v) is 12.5. The predicted octanol–water partition coefficient (Wildman–Crippen LogP) is 2.71. The quantitative estimate of drug-likeness (QED) is 0.621. The summed E-state index contributed by atoms with van der Waals surface area (Å²) in [4.78, 5) is 12.0. The molecule has 0 bridgehead atoms. The molecular formula is C15H30N2O. The minimum atomic E-state index is -0.0147. The van der Waals surface area contributed by atoms with Gasteiger partial charge in [-0.2, -0.15) is 0 Å². The Bertz CT molecular complexity index is 257. The molecule has 0 unspecified atom stereocenters. The first-order valence-corrected chi connectivity index (χ1v) is 7.51. The van der Waals surface area contributed by atoms with Crippen molar-refractivity contribution >= 4 is 5.91 Å². The molecule has 1 fully saturated rings. The second-order valence-electron chi connectivity index (χ2n) is 6.24. The van der Waals surface area contributed by atoms with Crippen molar-refractivity contribution in [2.45, 2.75) is 65.8 Å². The molecule has 3 heteroatoms. The molecule has 0 heterocycles. The molecule has 0 spiro atoms. The third kappa shape index (κ3) is 4.60. The molecule has 1 aliphatic carbocycles. The Balaban J connectivity index is 2.00. The molecule has 1 aliphatic rings. The highest BCUT2D eigenvalue weighted by Crippen LogP contribution is 2.51. The van der Waals surface area contributed by atoms with Crippen molar-refractivity contribution in [3.63, 3.8) is 0 Å². The van der Waals surface area contributed by atoms with Crippen LogP contribution in [0.5, 0.6) is 0 Å².